The highest BCUT2D eigenvalue weighted by Gasteiger charge is 2.23. The summed E-state index contributed by atoms with van der Waals surface area (Å²) in [5, 5.41) is 5.63. The van der Waals surface area contributed by atoms with Crippen LogP contribution in [-0.2, 0) is 16.1 Å². The summed E-state index contributed by atoms with van der Waals surface area (Å²) in [7, 11) is 0. The molecule has 2 aromatic rings. The van der Waals surface area contributed by atoms with Crippen molar-refractivity contribution in [1.29, 1.82) is 0 Å². The summed E-state index contributed by atoms with van der Waals surface area (Å²) < 4.78 is 5.52. The van der Waals surface area contributed by atoms with Gasteiger partial charge in [-0.05, 0) is 29.7 Å². The molecule has 0 aliphatic rings. The lowest BCUT2D eigenvalue weighted by molar-refractivity contribution is -0.130. The Bertz CT molecular complexity index is 690. The third kappa shape index (κ3) is 6.55. The van der Waals surface area contributed by atoms with Gasteiger partial charge in [-0.25, -0.2) is 0 Å². The SMILES string of the molecule is CC(C)[C@@H](NC(=O)CCOc1ccccc1)C(=O)NCc1cccnc1. The van der Waals surface area contributed by atoms with Gasteiger partial charge in [0.2, 0.25) is 11.8 Å². The lowest BCUT2D eigenvalue weighted by Gasteiger charge is -2.21. The molecule has 1 aromatic carbocycles. The van der Waals surface area contributed by atoms with Crippen molar-refractivity contribution in [1.82, 2.24) is 15.6 Å². The van der Waals surface area contributed by atoms with Gasteiger partial charge in [-0.15, -0.1) is 0 Å². The number of rotatable bonds is 9. The van der Waals surface area contributed by atoms with Crippen molar-refractivity contribution < 1.29 is 14.3 Å². The maximum atomic E-state index is 12.4. The van der Waals surface area contributed by atoms with E-state index in [1.54, 1.807) is 12.4 Å². The Morgan fingerprint density at radius 2 is 1.88 bits per heavy atom. The molecule has 26 heavy (non-hydrogen) atoms. The number of nitrogens with zero attached hydrogens (tertiary/aromatic N) is 1. The first kappa shape index (κ1) is 19.4. The number of aromatic nitrogens is 1. The molecule has 0 spiro atoms. The summed E-state index contributed by atoms with van der Waals surface area (Å²) >= 11 is 0. The lowest BCUT2D eigenvalue weighted by Crippen LogP contribution is -2.49. The van der Waals surface area contributed by atoms with Gasteiger partial charge in [0.05, 0.1) is 13.0 Å². The van der Waals surface area contributed by atoms with Gasteiger partial charge in [0, 0.05) is 18.9 Å². The molecule has 0 saturated carbocycles. The van der Waals surface area contributed by atoms with E-state index in [9.17, 15) is 9.59 Å². The van der Waals surface area contributed by atoms with E-state index in [2.05, 4.69) is 15.6 Å². The number of hydrogen-bond acceptors (Lipinski definition) is 4. The predicted octanol–water partition coefficient (Wildman–Crippen LogP) is 2.31. The van der Waals surface area contributed by atoms with Gasteiger partial charge in [0.15, 0.2) is 0 Å². The van der Waals surface area contributed by atoms with Crippen LogP contribution in [0.25, 0.3) is 0 Å². The normalized spacial score (nSPS) is 11.7. The number of hydrogen-bond donors (Lipinski definition) is 2. The fourth-order valence-corrected chi connectivity index (χ4v) is 2.36. The van der Waals surface area contributed by atoms with Gasteiger partial charge in [-0.3, -0.25) is 14.6 Å². The van der Waals surface area contributed by atoms with Gasteiger partial charge in [-0.2, -0.15) is 0 Å². The predicted molar refractivity (Wildman–Crippen MR) is 99.4 cm³/mol. The van der Waals surface area contributed by atoms with Gasteiger partial charge in [0.25, 0.3) is 0 Å². The number of para-hydroxylation sites is 1. The van der Waals surface area contributed by atoms with E-state index < -0.39 is 6.04 Å². The van der Waals surface area contributed by atoms with Crippen molar-refractivity contribution >= 4 is 11.8 Å². The van der Waals surface area contributed by atoms with Crippen LogP contribution in [0.2, 0.25) is 0 Å². The highest BCUT2D eigenvalue weighted by Crippen LogP contribution is 2.09. The Morgan fingerprint density at radius 3 is 2.54 bits per heavy atom. The van der Waals surface area contributed by atoms with E-state index in [-0.39, 0.29) is 30.8 Å². The topological polar surface area (TPSA) is 80.3 Å². The average molecular weight is 355 g/mol. The quantitative estimate of drug-likeness (QED) is 0.723. The van der Waals surface area contributed by atoms with Crippen molar-refractivity contribution in [2.75, 3.05) is 6.61 Å². The van der Waals surface area contributed by atoms with E-state index in [0.29, 0.717) is 6.54 Å². The van der Waals surface area contributed by atoms with Crippen LogP contribution in [0.4, 0.5) is 0 Å². The molecule has 2 amide bonds. The minimum absolute atomic E-state index is 0.0251. The summed E-state index contributed by atoms with van der Waals surface area (Å²) in [5.41, 5.74) is 0.908. The maximum absolute atomic E-state index is 12.4. The molecule has 6 nitrogen and oxygen atoms in total. The van der Waals surface area contributed by atoms with E-state index >= 15 is 0 Å². The van der Waals surface area contributed by atoms with Gasteiger partial charge < -0.3 is 15.4 Å². The molecule has 0 unspecified atom stereocenters. The van der Waals surface area contributed by atoms with Crippen LogP contribution in [0, 0.1) is 5.92 Å². The Labute approximate surface area is 154 Å². The average Bonchev–Trinajstić information content (AvgIpc) is 2.65. The highest BCUT2D eigenvalue weighted by atomic mass is 16.5. The first-order chi connectivity index (χ1) is 12.6. The van der Waals surface area contributed by atoms with Crippen LogP contribution in [0.1, 0.15) is 25.8 Å². The Hall–Kier alpha value is -2.89. The Morgan fingerprint density at radius 1 is 1.12 bits per heavy atom. The van der Waals surface area contributed by atoms with Crippen LogP contribution >= 0.6 is 0 Å². The molecule has 0 aliphatic heterocycles. The first-order valence-corrected chi connectivity index (χ1v) is 8.70. The molecule has 1 aromatic heterocycles. The van der Waals surface area contributed by atoms with E-state index in [1.165, 1.54) is 0 Å². The van der Waals surface area contributed by atoms with Crippen molar-refractivity contribution in [2.45, 2.75) is 32.9 Å². The van der Waals surface area contributed by atoms with Crippen molar-refractivity contribution in [3.8, 4) is 5.75 Å². The number of nitrogens with one attached hydrogen (secondary N) is 2. The molecule has 0 radical (unpaired) electrons. The number of benzene rings is 1. The zero-order valence-electron chi connectivity index (χ0n) is 15.1. The number of carbonyl (C=O) groups is 2. The standard InChI is InChI=1S/C20H25N3O3/c1-15(2)19(20(25)22-14-16-7-6-11-21-13-16)23-18(24)10-12-26-17-8-4-3-5-9-17/h3-9,11,13,15,19H,10,12,14H2,1-2H3,(H,22,25)(H,23,24)/t19-/m1/s1. The summed E-state index contributed by atoms with van der Waals surface area (Å²) in [4.78, 5) is 28.6. The summed E-state index contributed by atoms with van der Waals surface area (Å²) in [5.74, 6) is 0.273. The molecule has 0 fully saturated rings. The third-order valence-corrected chi connectivity index (χ3v) is 3.80. The van der Waals surface area contributed by atoms with E-state index in [4.69, 9.17) is 4.74 Å². The van der Waals surface area contributed by atoms with E-state index in [0.717, 1.165) is 11.3 Å². The smallest absolute Gasteiger partial charge is 0.243 e. The van der Waals surface area contributed by atoms with E-state index in [1.807, 2.05) is 56.3 Å². The molecule has 0 saturated heterocycles. The fourth-order valence-electron chi connectivity index (χ4n) is 2.36. The van der Waals surface area contributed by atoms with Crippen LogP contribution in [0.15, 0.2) is 54.9 Å². The number of amides is 2. The number of carbonyl (C=O) groups excluding carboxylic acids is 2. The number of pyridine rings is 1. The largest absolute Gasteiger partial charge is 0.493 e. The molecule has 1 atom stereocenters. The summed E-state index contributed by atoms with van der Waals surface area (Å²) in [6, 6.07) is 12.4. The fraction of sp³-hybridized carbons (Fsp3) is 0.350. The Balaban J connectivity index is 1.78. The second-order valence-electron chi connectivity index (χ2n) is 6.28. The van der Waals surface area contributed by atoms with Crippen LogP contribution in [0.3, 0.4) is 0 Å². The lowest BCUT2D eigenvalue weighted by atomic mass is 10.0. The molecular weight excluding hydrogens is 330 g/mol. The molecule has 2 rings (SSSR count). The van der Waals surface area contributed by atoms with Crippen LogP contribution < -0.4 is 15.4 Å². The zero-order valence-corrected chi connectivity index (χ0v) is 15.1. The van der Waals surface area contributed by atoms with Gasteiger partial charge in [-0.1, -0.05) is 38.1 Å². The third-order valence-electron chi connectivity index (χ3n) is 3.80. The number of ether oxygens (including phenoxy) is 1. The van der Waals surface area contributed by atoms with Crippen molar-refractivity contribution in [2.24, 2.45) is 5.92 Å². The zero-order chi connectivity index (χ0) is 18.8. The van der Waals surface area contributed by atoms with Crippen LogP contribution in [0.5, 0.6) is 5.75 Å². The molecular formula is C20H25N3O3. The highest BCUT2D eigenvalue weighted by molar-refractivity contribution is 5.87. The molecule has 138 valence electrons. The minimum Gasteiger partial charge on any atom is -0.493 e. The second-order valence-corrected chi connectivity index (χ2v) is 6.28. The molecule has 0 aliphatic carbocycles. The summed E-state index contributed by atoms with van der Waals surface area (Å²) in [6.45, 7) is 4.44. The monoisotopic (exact) mass is 355 g/mol. The Kier molecular flexibility index (Phi) is 7.61. The first-order valence-electron chi connectivity index (χ1n) is 8.70. The maximum Gasteiger partial charge on any atom is 0.243 e. The molecule has 0 bridgehead atoms. The van der Waals surface area contributed by atoms with Crippen molar-refractivity contribution in [3.05, 3.63) is 60.4 Å². The van der Waals surface area contributed by atoms with Gasteiger partial charge >= 0.3 is 0 Å². The summed E-state index contributed by atoms with van der Waals surface area (Å²) in [6.07, 6.45) is 3.57. The van der Waals surface area contributed by atoms with Gasteiger partial charge in [0.1, 0.15) is 11.8 Å². The van der Waals surface area contributed by atoms with Crippen molar-refractivity contribution in [3.63, 3.8) is 0 Å². The van der Waals surface area contributed by atoms with Crippen LogP contribution in [-0.4, -0.2) is 29.4 Å². The second kappa shape index (κ2) is 10.2. The molecule has 2 N–H and O–H groups in total. The molecule has 6 heteroatoms. The minimum atomic E-state index is -0.587. The molecule has 1 heterocycles.